The number of halogens is 2. The van der Waals surface area contributed by atoms with Crippen molar-refractivity contribution in [3.05, 3.63) is 11.1 Å². The average molecular weight is 384 g/mol. The Morgan fingerprint density at radius 3 is 2.65 bits per heavy atom. The summed E-state index contributed by atoms with van der Waals surface area (Å²) >= 11 is 6.21. The molecule has 1 atom stereocenters. The first-order valence-corrected chi connectivity index (χ1v) is 9.46. The van der Waals surface area contributed by atoms with Gasteiger partial charge in [-0.15, -0.1) is 0 Å². The number of imidazole rings is 1. The van der Waals surface area contributed by atoms with Crippen LogP contribution in [0.4, 0.5) is 10.2 Å². The third-order valence-electron chi connectivity index (χ3n) is 5.19. The standard InChI is InChI=1S/C17H23ClFN5O2/c1-3-23-13-12(20-15(23)17(19)4-7-25-8-5-17)14(22-16(18)21-13)24-6-9-26-10-11(24)2/h11H,3-10H2,1-2H3. The van der Waals surface area contributed by atoms with Crippen LogP contribution in [-0.2, 0) is 21.7 Å². The molecule has 2 aromatic heterocycles. The van der Waals surface area contributed by atoms with Crippen molar-refractivity contribution < 1.29 is 13.9 Å². The van der Waals surface area contributed by atoms with Crippen molar-refractivity contribution in [1.82, 2.24) is 19.5 Å². The van der Waals surface area contributed by atoms with Gasteiger partial charge in [0.25, 0.3) is 0 Å². The van der Waals surface area contributed by atoms with Gasteiger partial charge in [-0.1, -0.05) is 0 Å². The first-order valence-electron chi connectivity index (χ1n) is 9.09. The Kier molecular flexibility index (Phi) is 4.75. The van der Waals surface area contributed by atoms with Crippen molar-refractivity contribution in [2.24, 2.45) is 0 Å². The SMILES string of the molecule is CCn1c(C2(F)CCOCC2)nc2c(N3CCOCC3C)nc(Cl)nc21. The molecule has 26 heavy (non-hydrogen) atoms. The summed E-state index contributed by atoms with van der Waals surface area (Å²) in [5.74, 6) is 1.05. The lowest BCUT2D eigenvalue weighted by Gasteiger charge is -2.34. The van der Waals surface area contributed by atoms with Crippen molar-refractivity contribution in [2.45, 2.75) is 44.9 Å². The number of rotatable bonds is 3. The fourth-order valence-corrected chi connectivity index (χ4v) is 3.92. The van der Waals surface area contributed by atoms with Crippen LogP contribution in [0.2, 0.25) is 5.28 Å². The molecule has 0 aromatic carbocycles. The number of nitrogens with zero attached hydrogens (tertiary/aromatic N) is 5. The molecule has 2 saturated heterocycles. The van der Waals surface area contributed by atoms with E-state index in [-0.39, 0.29) is 11.3 Å². The van der Waals surface area contributed by atoms with Crippen LogP contribution in [-0.4, -0.2) is 58.5 Å². The molecule has 2 aromatic rings. The van der Waals surface area contributed by atoms with Gasteiger partial charge in [0, 0.05) is 25.9 Å². The van der Waals surface area contributed by atoms with Crippen molar-refractivity contribution in [2.75, 3.05) is 37.9 Å². The highest BCUT2D eigenvalue weighted by atomic mass is 35.5. The van der Waals surface area contributed by atoms with E-state index in [9.17, 15) is 0 Å². The molecule has 0 saturated carbocycles. The van der Waals surface area contributed by atoms with Crippen molar-refractivity contribution in [3.63, 3.8) is 0 Å². The molecule has 2 fully saturated rings. The molecule has 2 aliphatic heterocycles. The van der Waals surface area contributed by atoms with E-state index < -0.39 is 5.67 Å². The van der Waals surface area contributed by atoms with Crippen LogP contribution in [0.1, 0.15) is 32.5 Å². The number of fused-ring (bicyclic) bond motifs is 1. The molecule has 0 spiro atoms. The molecule has 9 heteroatoms. The van der Waals surface area contributed by atoms with E-state index in [0.717, 1.165) is 0 Å². The van der Waals surface area contributed by atoms with Crippen molar-refractivity contribution in [3.8, 4) is 0 Å². The van der Waals surface area contributed by atoms with Gasteiger partial charge in [0.2, 0.25) is 5.28 Å². The molecule has 1 unspecified atom stereocenters. The lowest BCUT2D eigenvalue weighted by atomic mass is 9.95. The zero-order chi connectivity index (χ0) is 18.3. The number of hydrogen-bond acceptors (Lipinski definition) is 6. The molecule has 0 aliphatic carbocycles. The molecule has 142 valence electrons. The van der Waals surface area contributed by atoms with E-state index in [2.05, 4.69) is 21.8 Å². The van der Waals surface area contributed by atoms with Gasteiger partial charge >= 0.3 is 0 Å². The highest BCUT2D eigenvalue weighted by Crippen LogP contribution is 2.38. The maximum atomic E-state index is 15.7. The Morgan fingerprint density at radius 2 is 1.96 bits per heavy atom. The van der Waals surface area contributed by atoms with E-state index in [1.165, 1.54) is 0 Å². The van der Waals surface area contributed by atoms with Gasteiger partial charge in [0.15, 0.2) is 22.7 Å². The topological polar surface area (TPSA) is 65.3 Å². The molecule has 0 N–H and O–H groups in total. The normalized spacial score (nSPS) is 23.5. The highest BCUT2D eigenvalue weighted by Gasteiger charge is 2.40. The first-order chi connectivity index (χ1) is 12.5. The van der Waals surface area contributed by atoms with Crippen molar-refractivity contribution >= 4 is 28.6 Å². The number of anilines is 1. The number of hydrogen-bond donors (Lipinski definition) is 0. The van der Waals surface area contributed by atoms with Gasteiger partial charge in [0.1, 0.15) is 5.82 Å². The van der Waals surface area contributed by atoms with Crippen LogP contribution >= 0.6 is 11.6 Å². The number of aryl methyl sites for hydroxylation is 1. The summed E-state index contributed by atoms with van der Waals surface area (Å²) in [6.45, 7) is 7.27. The van der Waals surface area contributed by atoms with E-state index in [1.54, 1.807) is 0 Å². The van der Waals surface area contributed by atoms with Crippen LogP contribution in [0.3, 0.4) is 0 Å². The van der Waals surface area contributed by atoms with E-state index >= 15 is 4.39 Å². The molecule has 4 rings (SSSR count). The fourth-order valence-electron chi connectivity index (χ4n) is 3.76. The van der Waals surface area contributed by atoms with Gasteiger partial charge in [-0.25, -0.2) is 9.37 Å². The number of aromatic nitrogens is 4. The Morgan fingerprint density at radius 1 is 1.19 bits per heavy atom. The average Bonchev–Trinajstić information content (AvgIpc) is 3.01. The lowest BCUT2D eigenvalue weighted by Crippen LogP contribution is -2.44. The minimum absolute atomic E-state index is 0.135. The third-order valence-corrected chi connectivity index (χ3v) is 5.36. The number of alkyl halides is 1. The Balaban J connectivity index is 1.89. The Bertz CT molecular complexity index is 808. The minimum atomic E-state index is -1.52. The summed E-state index contributed by atoms with van der Waals surface area (Å²) in [7, 11) is 0. The monoisotopic (exact) mass is 383 g/mol. The lowest BCUT2D eigenvalue weighted by molar-refractivity contribution is -0.0179. The molecular weight excluding hydrogens is 361 g/mol. The van der Waals surface area contributed by atoms with Gasteiger partial charge in [-0.2, -0.15) is 9.97 Å². The molecule has 0 radical (unpaired) electrons. The summed E-state index contributed by atoms with van der Waals surface area (Å²) in [6.07, 6.45) is 0.585. The van der Waals surface area contributed by atoms with Crippen LogP contribution in [0.5, 0.6) is 0 Å². The predicted octanol–water partition coefficient (Wildman–Crippen LogP) is 2.70. The first kappa shape index (κ1) is 17.9. The van der Waals surface area contributed by atoms with Gasteiger partial charge in [-0.3, -0.25) is 0 Å². The summed E-state index contributed by atoms with van der Waals surface area (Å²) in [4.78, 5) is 15.6. The Hall–Kier alpha value is -1.51. The second-order valence-electron chi connectivity index (χ2n) is 6.86. The van der Waals surface area contributed by atoms with Crippen LogP contribution in [0.15, 0.2) is 0 Å². The molecule has 7 nitrogen and oxygen atoms in total. The van der Waals surface area contributed by atoms with E-state index in [4.69, 9.17) is 26.1 Å². The quantitative estimate of drug-likeness (QED) is 0.759. The smallest absolute Gasteiger partial charge is 0.226 e. The molecular formula is C17H23ClFN5O2. The molecule has 0 amide bonds. The van der Waals surface area contributed by atoms with Crippen LogP contribution in [0.25, 0.3) is 11.2 Å². The fraction of sp³-hybridized carbons (Fsp3) is 0.706. The van der Waals surface area contributed by atoms with Gasteiger partial charge in [0.05, 0.1) is 32.5 Å². The highest BCUT2D eigenvalue weighted by molar-refractivity contribution is 6.28. The third kappa shape index (κ3) is 2.93. The summed E-state index contributed by atoms with van der Waals surface area (Å²) in [5.41, 5.74) is -0.335. The minimum Gasteiger partial charge on any atom is -0.381 e. The second-order valence-corrected chi connectivity index (χ2v) is 7.20. The maximum absolute atomic E-state index is 15.7. The summed E-state index contributed by atoms with van der Waals surface area (Å²) in [5, 5.41) is 0.146. The molecule has 4 heterocycles. The van der Waals surface area contributed by atoms with E-state index in [1.807, 2.05) is 11.5 Å². The maximum Gasteiger partial charge on any atom is 0.226 e. The zero-order valence-electron chi connectivity index (χ0n) is 15.0. The zero-order valence-corrected chi connectivity index (χ0v) is 15.8. The second kappa shape index (κ2) is 6.90. The van der Waals surface area contributed by atoms with E-state index in [0.29, 0.717) is 75.2 Å². The molecule has 2 aliphatic rings. The number of morpholine rings is 1. The number of ether oxygens (including phenoxy) is 2. The van der Waals surface area contributed by atoms with Gasteiger partial charge < -0.3 is 18.9 Å². The predicted molar refractivity (Wildman–Crippen MR) is 96.5 cm³/mol. The van der Waals surface area contributed by atoms with Crippen LogP contribution in [0, 0.1) is 0 Å². The summed E-state index contributed by atoms with van der Waals surface area (Å²) in [6, 6.07) is 0.135. The van der Waals surface area contributed by atoms with Gasteiger partial charge in [-0.05, 0) is 25.4 Å². The van der Waals surface area contributed by atoms with Crippen molar-refractivity contribution in [1.29, 1.82) is 0 Å². The van der Waals surface area contributed by atoms with Crippen LogP contribution < -0.4 is 4.90 Å². The molecule has 0 bridgehead atoms. The Labute approximate surface area is 156 Å². The largest absolute Gasteiger partial charge is 0.381 e. The summed E-state index contributed by atoms with van der Waals surface area (Å²) < 4.78 is 28.3.